The van der Waals surface area contributed by atoms with Gasteiger partial charge in [0.1, 0.15) is 5.60 Å². The molecule has 0 saturated heterocycles. The van der Waals surface area contributed by atoms with Crippen LogP contribution in [-0.4, -0.2) is 36.7 Å². The van der Waals surface area contributed by atoms with E-state index in [4.69, 9.17) is 4.74 Å². The molecule has 0 unspecified atom stereocenters. The molecule has 0 aliphatic heterocycles. The number of ether oxygens (including phenoxy) is 1. The Balaban J connectivity index is 1.62. The van der Waals surface area contributed by atoms with Crippen LogP contribution in [-0.2, 0) is 11.3 Å². The molecule has 0 aromatic heterocycles. The summed E-state index contributed by atoms with van der Waals surface area (Å²) in [6.45, 7) is 8.13. The van der Waals surface area contributed by atoms with Crippen LogP contribution in [0.5, 0.6) is 0 Å². The van der Waals surface area contributed by atoms with Crippen molar-refractivity contribution in [2.75, 3.05) is 20.1 Å². The number of benzene rings is 1. The van der Waals surface area contributed by atoms with Gasteiger partial charge in [-0.15, -0.1) is 0 Å². The SMILES string of the molecule is CN(CCCNCc1cccc(C2CC2)c1)C(=O)OC(C)(C)C. The summed E-state index contributed by atoms with van der Waals surface area (Å²) in [5.41, 5.74) is 2.39. The minimum absolute atomic E-state index is 0.255. The van der Waals surface area contributed by atoms with Gasteiger partial charge in [0.15, 0.2) is 0 Å². The van der Waals surface area contributed by atoms with Gasteiger partial charge in [-0.25, -0.2) is 4.79 Å². The molecule has 0 spiro atoms. The first-order valence-corrected chi connectivity index (χ1v) is 8.59. The molecule has 1 fully saturated rings. The predicted molar refractivity (Wildman–Crippen MR) is 93.6 cm³/mol. The fraction of sp³-hybridized carbons (Fsp3) is 0.632. The van der Waals surface area contributed by atoms with Crippen LogP contribution in [0.1, 0.15) is 57.1 Å². The van der Waals surface area contributed by atoms with E-state index in [1.807, 2.05) is 20.8 Å². The van der Waals surface area contributed by atoms with Crippen molar-refractivity contribution in [1.82, 2.24) is 10.2 Å². The van der Waals surface area contributed by atoms with Crippen molar-refractivity contribution in [3.63, 3.8) is 0 Å². The maximum Gasteiger partial charge on any atom is 0.410 e. The van der Waals surface area contributed by atoms with E-state index in [9.17, 15) is 4.79 Å². The largest absolute Gasteiger partial charge is 0.444 e. The highest BCUT2D eigenvalue weighted by atomic mass is 16.6. The van der Waals surface area contributed by atoms with Crippen LogP contribution in [0.2, 0.25) is 0 Å². The zero-order chi connectivity index (χ0) is 16.9. The first kappa shape index (κ1) is 17.8. The molecule has 1 saturated carbocycles. The van der Waals surface area contributed by atoms with Gasteiger partial charge in [-0.2, -0.15) is 0 Å². The molecule has 0 atom stereocenters. The first-order valence-electron chi connectivity index (χ1n) is 8.59. The summed E-state index contributed by atoms with van der Waals surface area (Å²) in [5.74, 6) is 0.803. The van der Waals surface area contributed by atoms with Crippen LogP contribution < -0.4 is 5.32 Å². The molecule has 2 rings (SSSR count). The van der Waals surface area contributed by atoms with Crippen LogP contribution in [0, 0.1) is 0 Å². The van der Waals surface area contributed by atoms with Gasteiger partial charge in [-0.05, 0) is 63.6 Å². The van der Waals surface area contributed by atoms with Gasteiger partial charge < -0.3 is 15.0 Å². The second-order valence-electron chi connectivity index (χ2n) is 7.45. The van der Waals surface area contributed by atoms with Crippen molar-refractivity contribution >= 4 is 6.09 Å². The zero-order valence-corrected chi connectivity index (χ0v) is 14.9. The summed E-state index contributed by atoms with van der Waals surface area (Å²) in [6.07, 6.45) is 3.34. The number of nitrogens with zero attached hydrogens (tertiary/aromatic N) is 1. The van der Waals surface area contributed by atoms with Gasteiger partial charge in [-0.3, -0.25) is 0 Å². The average Bonchev–Trinajstić information content (AvgIpc) is 3.30. The monoisotopic (exact) mass is 318 g/mol. The Kier molecular flexibility index (Phi) is 6.05. The molecule has 128 valence electrons. The lowest BCUT2D eigenvalue weighted by Crippen LogP contribution is -2.35. The number of carbonyl (C=O) groups excluding carboxylic acids is 1. The number of rotatable bonds is 7. The lowest BCUT2D eigenvalue weighted by atomic mass is 10.1. The van der Waals surface area contributed by atoms with Crippen molar-refractivity contribution in [3.05, 3.63) is 35.4 Å². The molecule has 1 amide bonds. The van der Waals surface area contributed by atoms with Crippen LogP contribution in [0.4, 0.5) is 4.79 Å². The molecule has 1 aromatic rings. The second-order valence-corrected chi connectivity index (χ2v) is 7.45. The summed E-state index contributed by atoms with van der Waals surface area (Å²) >= 11 is 0. The van der Waals surface area contributed by atoms with E-state index in [1.54, 1.807) is 11.9 Å². The molecule has 1 aliphatic rings. The first-order chi connectivity index (χ1) is 10.8. The summed E-state index contributed by atoms with van der Waals surface area (Å²) in [4.78, 5) is 13.5. The lowest BCUT2D eigenvalue weighted by Gasteiger charge is -2.24. The molecule has 1 aromatic carbocycles. The van der Waals surface area contributed by atoms with Crippen molar-refractivity contribution in [1.29, 1.82) is 0 Å². The molecule has 0 radical (unpaired) electrons. The molecule has 1 N–H and O–H groups in total. The van der Waals surface area contributed by atoms with E-state index in [1.165, 1.54) is 24.0 Å². The van der Waals surface area contributed by atoms with Gasteiger partial charge in [0, 0.05) is 20.1 Å². The maximum atomic E-state index is 11.8. The van der Waals surface area contributed by atoms with Crippen molar-refractivity contribution in [3.8, 4) is 0 Å². The van der Waals surface area contributed by atoms with Gasteiger partial charge in [0.05, 0.1) is 0 Å². The molecule has 23 heavy (non-hydrogen) atoms. The van der Waals surface area contributed by atoms with Crippen LogP contribution in [0.25, 0.3) is 0 Å². The summed E-state index contributed by atoms with van der Waals surface area (Å²) in [7, 11) is 1.78. The van der Waals surface area contributed by atoms with Crippen molar-refractivity contribution in [2.24, 2.45) is 0 Å². The summed E-state index contributed by atoms with van der Waals surface area (Å²) in [5, 5.41) is 3.45. The molecule has 0 heterocycles. The summed E-state index contributed by atoms with van der Waals surface area (Å²) in [6, 6.07) is 8.88. The van der Waals surface area contributed by atoms with Gasteiger partial charge >= 0.3 is 6.09 Å². The van der Waals surface area contributed by atoms with Gasteiger partial charge in [0.2, 0.25) is 0 Å². The fourth-order valence-electron chi connectivity index (χ4n) is 2.48. The molecule has 0 bridgehead atoms. The van der Waals surface area contributed by atoms with E-state index in [0.29, 0.717) is 6.54 Å². The normalized spacial score (nSPS) is 14.6. The Morgan fingerprint density at radius 3 is 2.74 bits per heavy atom. The third-order valence-electron chi connectivity index (χ3n) is 3.88. The van der Waals surface area contributed by atoms with Crippen LogP contribution >= 0.6 is 0 Å². The van der Waals surface area contributed by atoms with E-state index in [0.717, 1.165) is 25.4 Å². The van der Waals surface area contributed by atoms with E-state index in [-0.39, 0.29) is 6.09 Å². The zero-order valence-electron chi connectivity index (χ0n) is 14.9. The predicted octanol–water partition coefficient (Wildman–Crippen LogP) is 3.91. The lowest BCUT2D eigenvalue weighted by molar-refractivity contribution is 0.0297. The Morgan fingerprint density at radius 2 is 2.09 bits per heavy atom. The molecular formula is C19H30N2O2. The smallest absolute Gasteiger partial charge is 0.410 e. The minimum Gasteiger partial charge on any atom is -0.444 e. The van der Waals surface area contributed by atoms with Gasteiger partial charge in [-0.1, -0.05) is 24.3 Å². The fourth-order valence-corrected chi connectivity index (χ4v) is 2.48. The van der Waals surface area contributed by atoms with Crippen molar-refractivity contribution < 1.29 is 9.53 Å². The van der Waals surface area contributed by atoms with E-state index >= 15 is 0 Å². The number of amides is 1. The van der Waals surface area contributed by atoms with E-state index in [2.05, 4.69) is 29.6 Å². The number of nitrogens with one attached hydrogen (secondary N) is 1. The Hall–Kier alpha value is -1.55. The third-order valence-corrected chi connectivity index (χ3v) is 3.88. The molecule has 4 heteroatoms. The standard InChI is InChI=1S/C19H30N2O2/c1-19(2,3)23-18(22)21(4)12-6-11-20-14-15-7-5-8-17(13-15)16-9-10-16/h5,7-8,13,16,20H,6,9-12,14H2,1-4H3. The second kappa shape index (κ2) is 7.82. The molecule has 1 aliphatic carbocycles. The number of hydrogen-bond donors (Lipinski definition) is 1. The van der Waals surface area contributed by atoms with Crippen LogP contribution in [0.15, 0.2) is 24.3 Å². The van der Waals surface area contributed by atoms with Gasteiger partial charge in [0.25, 0.3) is 0 Å². The Morgan fingerprint density at radius 1 is 1.35 bits per heavy atom. The summed E-state index contributed by atoms with van der Waals surface area (Å²) < 4.78 is 5.33. The molecular weight excluding hydrogens is 288 g/mol. The quantitative estimate of drug-likeness (QED) is 0.775. The Labute approximate surface area is 140 Å². The number of hydrogen-bond acceptors (Lipinski definition) is 3. The van der Waals surface area contributed by atoms with E-state index < -0.39 is 5.60 Å². The topological polar surface area (TPSA) is 41.6 Å². The Bertz CT molecular complexity index is 518. The maximum absolute atomic E-state index is 11.8. The average molecular weight is 318 g/mol. The van der Waals surface area contributed by atoms with Crippen LogP contribution in [0.3, 0.4) is 0 Å². The number of carbonyl (C=O) groups is 1. The highest BCUT2D eigenvalue weighted by molar-refractivity contribution is 5.67. The minimum atomic E-state index is -0.434. The van der Waals surface area contributed by atoms with Crippen molar-refractivity contribution in [2.45, 2.75) is 58.1 Å². The molecule has 4 nitrogen and oxygen atoms in total. The highest BCUT2D eigenvalue weighted by Gasteiger charge is 2.23. The third kappa shape index (κ3) is 6.61. The highest BCUT2D eigenvalue weighted by Crippen LogP contribution is 2.40.